The molecule has 6 nitrogen and oxygen atoms in total. The van der Waals surface area contributed by atoms with Crippen LogP contribution in [-0.4, -0.2) is 43.0 Å². The summed E-state index contributed by atoms with van der Waals surface area (Å²) < 4.78 is 10.4. The van der Waals surface area contributed by atoms with Gasteiger partial charge in [-0.3, -0.25) is 4.79 Å². The van der Waals surface area contributed by atoms with Crippen LogP contribution in [0.1, 0.15) is 18.4 Å². The molecule has 1 aliphatic rings. The van der Waals surface area contributed by atoms with Crippen molar-refractivity contribution in [2.45, 2.75) is 25.4 Å². The van der Waals surface area contributed by atoms with Gasteiger partial charge >= 0.3 is 0 Å². The van der Waals surface area contributed by atoms with Gasteiger partial charge in [0.25, 0.3) is 0 Å². The number of piperidine rings is 1. The van der Waals surface area contributed by atoms with E-state index in [0.717, 1.165) is 12.0 Å². The Morgan fingerprint density at radius 3 is 2.85 bits per heavy atom. The number of nitrogens with zero attached hydrogens (tertiary/aromatic N) is 1. The predicted molar refractivity (Wildman–Crippen MR) is 72.9 cm³/mol. The molecule has 0 radical (unpaired) electrons. The Hall–Kier alpha value is -1.79. The molecule has 1 heterocycles. The third kappa shape index (κ3) is 3.40. The van der Waals surface area contributed by atoms with Crippen molar-refractivity contribution in [3.05, 3.63) is 23.8 Å². The number of amides is 1. The Morgan fingerprint density at radius 1 is 1.40 bits per heavy atom. The van der Waals surface area contributed by atoms with Gasteiger partial charge in [0.15, 0.2) is 0 Å². The van der Waals surface area contributed by atoms with Crippen LogP contribution in [0.25, 0.3) is 0 Å². The second kappa shape index (κ2) is 6.58. The molecule has 0 aromatic heterocycles. The van der Waals surface area contributed by atoms with E-state index in [0.29, 0.717) is 31.0 Å². The molecule has 1 amide bonds. The fourth-order valence-electron chi connectivity index (χ4n) is 2.31. The van der Waals surface area contributed by atoms with Crippen LogP contribution in [0.2, 0.25) is 0 Å². The minimum Gasteiger partial charge on any atom is -0.497 e. The van der Waals surface area contributed by atoms with E-state index in [1.54, 1.807) is 20.3 Å². The Balaban J connectivity index is 2.06. The largest absolute Gasteiger partial charge is 0.497 e. The molecule has 2 rings (SSSR count). The summed E-state index contributed by atoms with van der Waals surface area (Å²) in [6, 6.07) is 5.29. The molecule has 1 unspecified atom stereocenters. The maximum absolute atomic E-state index is 11.3. The number of carbonyl (C=O) groups is 1. The van der Waals surface area contributed by atoms with E-state index in [4.69, 9.17) is 9.47 Å². The molecule has 0 bridgehead atoms. The zero-order chi connectivity index (χ0) is 14.5. The predicted octanol–water partition coefficient (Wildman–Crippen LogP) is 1.17. The molecule has 1 fully saturated rings. The smallest absolute Gasteiger partial charge is 0.221 e. The van der Waals surface area contributed by atoms with Crippen molar-refractivity contribution in [1.29, 1.82) is 0 Å². The summed E-state index contributed by atoms with van der Waals surface area (Å²) in [5.41, 5.74) is 0.849. The lowest BCUT2D eigenvalue weighted by atomic mass is 10.0. The van der Waals surface area contributed by atoms with Crippen molar-refractivity contribution in [1.82, 2.24) is 10.4 Å². The molecule has 1 aromatic rings. The third-order valence-electron chi connectivity index (χ3n) is 3.47. The quantitative estimate of drug-likeness (QED) is 0.792. The minimum atomic E-state index is -0.157. The van der Waals surface area contributed by atoms with Crippen molar-refractivity contribution in [2.24, 2.45) is 0 Å². The molecule has 6 heteroatoms. The highest BCUT2D eigenvalue weighted by Gasteiger charge is 2.24. The topological polar surface area (TPSA) is 71.0 Å². The summed E-state index contributed by atoms with van der Waals surface area (Å²) in [6.07, 6.45) is 1.05. The molecule has 1 aromatic carbocycles. The maximum atomic E-state index is 11.3. The molecule has 110 valence electrons. The Labute approximate surface area is 118 Å². The van der Waals surface area contributed by atoms with Crippen LogP contribution in [0.4, 0.5) is 0 Å². The first-order chi connectivity index (χ1) is 9.63. The fourth-order valence-corrected chi connectivity index (χ4v) is 2.31. The van der Waals surface area contributed by atoms with E-state index in [1.807, 2.05) is 12.1 Å². The first-order valence-electron chi connectivity index (χ1n) is 6.57. The van der Waals surface area contributed by atoms with Gasteiger partial charge in [0.2, 0.25) is 5.91 Å². The van der Waals surface area contributed by atoms with Crippen molar-refractivity contribution in [3.63, 3.8) is 0 Å². The summed E-state index contributed by atoms with van der Waals surface area (Å²) in [7, 11) is 3.17. The number of nitrogens with one attached hydrogen (secondary N) is 1. The van der Waals surface area contributed by atoms with Gasteiger partial charge in [-0.25, -0.2) is 0 Å². The van der Waals surface area contributed by atoms with Gasteiger partial charge in [-0.15, -0.1) is 0 Å². The number of carbonyl (C=O) groups excluding carboxylic acids is 1. The normalized spacial score (nSPS) is 18.8. The number of hydrogen-bond donors (Lipinski definition) is 2. The second-order valence-corrected chi connectivity index (χ2v) is 4.77. The molecular weight excluding hydrogens is 260 g/mol. The summed E-state index contributed by atoms with van der Waals surface area (Å²) in [5.74, 6) is 1.33. The summed E-state index contributed by atoms with van der Waals surface area (Å²) in [6.45, 7) is 0.908. The molecule has 0 aliphatic carbocycles. The van der Waals surface area contributed by atoms with Crippen molar-refractivity contribution >= 4 is 5.91 Å². The molecule has 20 heavy (non-hydrogen) atoms. The SMILES string of the molecule is COc1ccc(CN(O)C2CCNC(=O)C2)c(OC)c1. The van der Waals surface area contributed by atoms with Gasteiger partial charge < -0.3 is 20.0 Å². The highest BCUT2D eigenvalue weighted by atomic mass is 16.5. The lowest BCUT2D eigenvalue weighted by Gasteiger charge is -2.29. The lowest BCUT2D eigenvalue weighted by molar-refractivity contribution is -0.152. The molecular formula is C14H20N2O4. The van der Waals surface area contributed by atoms with Crippen LogP contribution < -0.4 is 14.8 Å². The molecule has 1 aliphatic heterocycles. The van der Waals surface area contributed by atoms with Crippen LogP contribution in [0.3, 0.4) is 0 Å². The summed E-state index contributed by atoms with van der Waals surface area (Å²) in [5, 5.41) is 14.1. The van der Waals surface area contributed by atoms with E-state index in [9.17, 15) is 10.0 Å². The lowest BCUT2D eigenvalue weighted by Crippen LogP contribution is -2.44. The van der Waals surface area contributed by atoms with Gasteiger partial charge in [0.1, 0.15) is 11.5 Å². The van der Waals surface area contributed by atoms with Gasteiger partial charge in [0.05, 0.1) is 20.8 Å². The molecule has 1 atom stereocenters. The van der Waals surface area contributed by atoms with E-state index in [-0.39, 0.29) is 11.9 Å². The standard InChI is InChI=1S/C14H20N2O4/c1-19-12-4-3-10(13(8-12)20-2)9-16(18)11-5-6-15-14(17)7-11/h3-4,8,11,18H,5-7,9H2,1-2H3,(H,15,17). The second-order valence-electron chi connectivity index (χ2n) is 4.77. The van der Waals surface area contributed by atoms with Crippen molar-refractivity contribution in [3.8, 4) is 11.5 Å². The monoisotopic (exact) mass is 280 g/mol. The van der Waals surface area contributed by atoms with Gasteiger partial charge in [-0.05, 0) is 12.5 Å². The Kier molecular flexibility index (Phi) is 4.81. The Bertz CT molecular complexity index is 478. The zero-order valence-corrected chi connectivity index (χ0v) is 11.8. The minimum absolute atomic E-state index is 0.0259. The average molecular weight is 280 g/mol. The van der Waals surface area contributed by atoms with Crippen LogP contribution in [0, 0.1) is 0 Å². The number of rotatable bonds is 5. The number of methoxy groups -OCH3 is 2. The van der Waals surface area contributed by atoms with Gasteiger partial charge in [0, 0.05) is 30.6 Å². The number of hydrogen-bond acceptors (Lipinski definition) is 5. The van der Waals surface area contributed by atoms with Crippen LogP contribution >= 0.6 is 0 Å². The van der Waals surface area contributed by atoms with E-state index in [2.05, 4.69) is 5.32 Å². The average Bonchev–Trinajstić information content (AvgIpc) is 2.47. The van der Waals surface area contributed by atoms with Crippen molar-refractivity contribution in [2.75, 3.05) is 20.8 Å². The summed E-state index contributed by atoms with van der Waals surface area (Å²) >= 11 is 0. The van der Waals surface area contributed by atoms with Crippen molar-refractivity contribution < 1.29 is 19.5 Å². The number of benzene rings is 1. The zero-order valence-electron chi connectivity index (χ0n) is 11.8. The van der Waals surface area contributed by atoms with Gasteiger partial charge in [-0.1, -0.05) is 6.07 Å². The highest BCUT2D eigenvalue weighted by Crippen LogP contribution is 2.26. The highest BCUT2D eigenvalue weighted by molar-refractivity contribution is 5.77. The first-order valence-corrected chi connectivity index (χ1v) is 6.57. The third-order valence-corrected chi connectivity index (χ3v) is 3.47. The van der Waals surface area contributed by atoms with E-state index in [1.165, 1.54) is 5.06 Å². The van der Waals surface area contributed by atoms with Crippen LogP contribution in [0.15, 0.2) is 18.2 Å². The molecule has 0 saturated carbocycles. The molecule has 0 spiro atoms. The van der Waals surface area contributed by atoms with E-state index < -0.39 is 0 Å². The Morgan fingerprint density at radius 2 is 2.20 bits per heavy atom. The van der Waals surface area contributed by atoms with E-state index >= 15 is 0 Å². The number of hydroxylamine groups is 2. The maximum Gasteiger partial charge on any atom is 0.221 e. The molecule has 2 N–H and O–H groups in total. The number of ether oxygens (including phenoxy) is 2. The molecule has 1 saturated heterocycles. The first kappa shape index (κ1) is 14.6. The van der Waals surface area contributed by atoms with Crippen LogP contribution in [-0.2, 0) is 11.3 Å². The van der Waals surface area contributed by atoms with Gasteiger partial charge in [-0.2, -0.15) is 5.06 Å². The summed E-state index contributed by atoms with van der Waals surface area (Å²) in [4.78, 5) is 11.3. The van der Waals surface area contributed by atoms with Crippen LogP contribution in [0.5, 0.6) is 11.5 Å². The fraction of sp³-hybridized carbons (Fsp3) is 0.500.